The van der Waals surface area contributed by atoms with E-state index in [9.17, 15) is 4.79 Å². The third-order valence-electron chi connectivity index (χ3n) is 1.07. The molecule has 0 saturated carbocycles. The molecular formula is C8H13N3O. The molecule has 2 N–H and O–H groups in total. The van der Waals surface area contributed by atoms with Crippen molar-refractivity contribution in [1.29, 1.82) is 5.26 Å². The zero-order chi connectivity index (χ0) is 9.56. The maximum Gasteiger partial charge on any atom is 0.263 e. The molecule has 0 bridgehead atoms. The first-order valence-electron chi connectivity index (χ1n) is 3.70. The van der Waals surface area contributed by atoms with Gasteiger partial charge in [-0.05, 0) is 13.8 Å². The van der Waals surface area contributed by atoms with E-state index in [1.165, 1.54) is 6.20 Å². The topological polar surface area (TPSA) is 64.9 Å². The van der Waals surface area contributed by atoms with Crippen LogP contribution in [-0.2, 0) is 4.79 Å². The third-order valence-corrected chi connectivity index (χ3v) is 1.07. The van der Waals surface area contributed by atoms with Crippen molar-refractivity contribution in [3.05, 3.63) is 11.8 Å². The largest absolute Gasteiger partial charge is 0.393 e. The highest BCUT2D eigenvalue weighted by molar-refractivity contribution is 5.97. The van der Waals surface area contributed by atoms with Crippen LogP contribution in [0.25, 0.3) is 0 Å². The predicted molar refractivity (Wildman–Crippen MR) is 46.0 cm³/mol. The molecule has 4 nitrogen and oxygen atoms in total. The summed E-state index contributed by atoms with van der Waals surface area (Å²) in [5, 5.41) is 13.8. The first-order chi connectivity index (χ1) is 5.61. The van der Waals surface area contributed by atoms with Gasteiger partial charge in [0.2, 0.25) is 0 Å². The molecule has 66 valence electrons. The third kappa shape index (κ3) is 3.62. The molecule has 0 heterocycles. The first-order valence-corrected chi connectivity index (χ1v) is 3.70. The second kappa shape index (κ2) is 5.19. The number of carbonyl (C=O) groups excluding carboxylic acids is 1. The summed E-state index contributed by atoms with van der Waals surface area (Å²) in [6.45, 7) is 3.68. The summed E-state index contributed by atoms with van der Waals surface area (Å²) in [6.07, 6.45) is 1.37. The van der Waals surface area contributed by atoms with Gasteiger partial charge >= 0.3 is 0 Å². The van der Waals surface area contributed by atoms with Crippen LogP contribution in [0.3, 0.4) is 0 Å². The predicted octanol–water partition coefficient (Wildman–Crippen LogP) is 0.138. The Morgan fingerprint density at radius 2 is 2.17 bits per heavy atom. The molecule has 12 heavy (non-hydrogen) atoms. The Balaban J connectivity index is 4.26. The second-order valence-electron chi connectivity index (χ2n) is 2.59. The number of nitrogens with one attached hydrogen (secondary N) is 2. The lowest BCUT2D eigenvalue weighted by molar-refractivity contribution is -0.117. The van der Waals surface area contributed by atoms with Gasteiger partial charge in [-0.2, -0.15) is 5.26 Å². The number of carbonyl (C=O) groups is 1. The molecule has 0 rings (SSSR count). The molecule has 0 saturated heterocycles. The Bertz CT molecular complexity index is 225. The van der Waals surface area contributed by atoms with E-state index < -0.39 is 0 Å². The molecule has 0 aromatic rings. The van der Waals surface area contributed by atoms with Crippen molar-refractivity contribution >= 4 is 5.91 Å². The molecule has 0 spiro atoms. The Hall–Kier alpha value is -1.50. The summed E-state index contributed by atoms with van der Waals surface area (Å²) in [5.41, 5.74) is 0.0891. The minimum Gasteiger partial charge on any atom is -0.393 e. The van der Waals surface area contributed by atoms with E-state index in [1.807, 2.05) is 13.8 Å². The maximum atomic E-state index is 11.1. The van der Waals surface area contributed by atoms with Crippen molar-refractivity contribution in [1.82, 2.24) is 10.6 Å². The van der Waals surface area contributed by atoms with Crippen LogP contribution in [0.4, 0.5) is 0 Å². The molecular weight excluding hydrogens is 154 g/mol. The van der Waals surface area contributed by atoms with E-state index in [-0.39, 0.29) is 17.5 Å². The minimum atomic E-state index is -0.346. The molecule has 1 amide bonds. The Labute approximate surface area is 72.3 Å². The number of nitrogens with zero attached hydrogens (tertiary/aromatic N) is 1. The average Bonchev–Trinajstić information content (AvgIpc) is 1.98. The summed E-state index contributed by atoms with van der Waals surface area (Å²) in [4.78, 5) is 11.1. The molecule has 4 heteroatoms. The number of amides is 1. The van der Waals surface area contributed by atoms with Gasteiger partial charge in [-0.15, -0.1) is 0 Å². The Morgan fingerprint density at radius 3 is 2.50 bits per heavy atom. The lowest BCUT2D eigenvalue weighted by Crippen LogP contribution is -2.31. The maximum absolute atomic E-state index is 11.1. The fourth-order valence-electron chi connectivity index (χ4n) is 0.633. The summed E-state index contributed by atoms with van der Waals surface area (Å²) >= 11 is 0. The number of nitriles is 1. The Morgan fingerprint density at radius 1 is 1.58 bits per heavy atom. The van der Waals surface area contributed by atoms with Crippen LogP contribution in [0, 0.1) is 11.3 Å². The number of rotatable bonds is 3. The van der Waals surface area contributed by atoms with E-state index in [4.69, 9.17) is 5.26 Å². The molecule has 0 unspecified atom stereocenters. The normalized spacial score (nSPS) is 10.8. The second-order valence-corrected chi connectivity index (χ2v) is 2.59. The molecule has 0 aliphatic heterocycles. The zero-order valence-electron chi connectivity index (χ0n) is 7.51. The van der Waals surface area contributed by atoms with Crippen LogP contribution in [0.1, 0.15) is 13.8 Å². The number of hydrogen-bond acceptors (Lipinski definition) is 3. The molecule has 0 atom stereocenters. The van der Waals surface area contributed by atoms with Gasteiger partial charge in [-0.3, -0.25) is 4.79 Å². The van der Waals surface area contributed by atoms with Crippen molar-refractivity contribution in [2.45, 2.75) is 19.9 Å². The van der Waals surface area contributed by atoms with E-state index in [0.717, 1.165) is 0 Å². The molecule has 0 fully saturated rings. The fraction of sp³-hybridized carbons (Fsp3) is 0.500. The molecule has 0 aromatic carbocycles. The lowest BCUT2D eigenvalue weighted by Gasteiger charge is -2.06. The van der Waals surface area contributed by atoms with E-state index in [1.54, 1.807) is 13.1 Å². The van der Waals surface area contributed by atoms with Crippen molar-refractivity contribution in [3.8, 4) is 6.07 Å². The zero-order valence-corrected chi connectivity index (χ0v) is 7.51. The van der Waals surface area contributed by atoms with Gasteiger partial charge < -0.3 is 10.6 Å². The van der Waals surface area contributed by atoms with Gasteiger partial charge in [0.05, 0.1) is 0 Å². The monoisotopic (exact) mass is 167 g/mol. The van der Waals surface area contributed by atoms with Gasteiger partial charge in [0.25, 0.3) is 5.91 Å². The molecule has 0 aromatic heterocycles. The lowest BCUT2D eigenvalue weighted by atomic mass is 10.2. The van der Waals surface area contributed by atoms with Gasteiger partial charge in [-0.25, -0.2) is 0 Å². The summed E-state index contributed by atoms with van der Waals surface area (Å²) in [7, 11) is 1.64. The Kier molecular flexibility index (Phi) is 4.54. The van der Waals surface area contributed by atoms with E-state index >= 15 is 0 Å². The van der Waals surface area contributed by atoms with Crippen molar-refractivity contribution < 1.29 is 4.79 Å². The van der Waals surface area contributed by atoms with Crippen LogP contribution < -0.4 is 10.6 Å². The fourth-order valence-corrected chi connectivity index (χ4v) is 0.633. The molecule has 0 radical (unpaired) electrons. The van der Waals surface area contributed by atoms with Gasteiger partial charge in [-0.1, -0.05) is 0 Å². The van der Waals surface area contributed by atoms with E-state index in [0.29, 0.717) is 0 Å². The van der Waals surface area contributed by atoms with Crippen molar-refractivity contribution in [3.63, 3.8) is 0 Å². The van der Waals surface area contributed by atoms with Crippen LogP contribution >= 0.6 is 0 Å². The first kappa shape index (κ1) is 10.5. The van der Waals surface area contributed by atoms with Crippen molar-refractivity contribution in [2.24, 2.45) is 0 Å². The SMILES string of the molecule is CN/C=C(/C#N)C(=O)NC(C)C. The van der Waals surface area contributed by atoms with Gasteiger partial charge in [0.1, 0.15) is 11.6 Å². The summed E-state index contributed by atoms with van der Waals surface area (Å²) < 4.78 is 0. The standard InChI is InChI=1S/C8H13N3O/c1-6(2)11-8(12)7(4-9)5-10-3/h5-6,10H,1-3H3,(H,11,12)/b7-5-. The average molecular weight is 167 g/mol. The van der Waals surface area contributed by atoms with Crippen molar-refractivity contribution in [2.75, 3.05) is 7.05 Å². The van der Waals surface area contributed by atoms with Crippen LogP contribution in [0.5, 0.6) is 0 Å². The van der Waals surface area contributed by atoms with Gasteiger partial charge in [0, 0.05) is 19.3 Å². The summed E-state index contributed by atoms with van der Waals surface area (Å²) in [6, 6.07) is 1.84. The number of hydrogen-bond donors (Lipinski definition) is 2. The highest BCUT2D eigenvalue weighted by atomic mass is 16.1. The van der Waals surface area contributed by atoms with Crippen LogP contribution in [-0.4, -0.2) is 19.0 Å². The quantitative estimate of drug-likeness (QED) is 0.464. The smallest absolute Gasteiger partial charge is 0.263 e. The van der Waals surface area contributed by atoms with E-state index in [2.05, 4.69) is 10.6 Å². The highest BCUT2D eigenvalue weighted by Crippen LogP contribution is 1.91. The molecule has 0 aliphatic carbocycles. The van der Waals surface area contributed by atoms with Crippen LogP contribution in [0.15, 0.2) is 11.8 Å². The minimum absolute atomic E-state index is 0.0473. The van der Waals surface area contributed by atoms with Crippen LogP contribution in [0.2, 0.25) is 0 Å². The summed E-state index contributed by atoms with van der Waals surface area (Å²) in [5.74, 6) is -0.346. The molecule has 0 aliphatic rings. The highest BCUT2D eigenvalue weighted by Gasteiger charge is 2.08. The van der Waals surface area contributed by atoms with Gasteiger partial charge in [0.15, 0.2) is 0 Å².